The van der Waals surface area contributed by atoms with E-state index in [2.05, 4.69) is 15.9 Å². The SMILES string of the molecule is CCOC(=O)c1cccc(Br)c1O. The molecule has 4 heteroatoms. The number of carbonyl (C=O) groups excluding carboxylic acids is 1. The first-order valence-corrected chi connectivity index (χ1v) is 4.60. The van der Waals surface area contributed by atoms with Crippen LogP contribution < -0.4 is 0 Å². The van der Waals surface area contributed by atoms with Crippen LogP contribution >= 0.6 is 15.9 Å². The smallest absolute Gasteiger partial charge is 0.341 e. The number of halogens is 1. The van der Waals surface area contributed by atoms with Crippen LogP contribution in [-0.4, -0.2) is 17.7 Å². The summed E-state index contributed by atoms with van der Waals surface area (Å²) in [5.74, 6) is -0.595. The Hall–Kier alpha value is -1.03. The van der Waals surface area contributed by atoms with Gasteiger partial charge in [-0.25, -0.2) is 4.79 Å². The lowest BCUT2D eigenvalue weighted by molar-refractivity contribution is 0.0523. The maximum absolute atomic E-state index is 11.2. The zero-order valence-electron chi connectivity index (χ0n) is 7.08. The molecule has 0 aliphatic carbocycles. The summed E-state index contributed by atoms with van der Waals surface area (Å²) in [6.45, 7) is 2.01. The zero-order chi connectivity index (χ0) is 9.84. The first-order chi connectivity index (χ1) is 6.16. The van der Waals surface area contributed by atoms with Gasteiger partial charge in [-0.1, -0.05) is 6.07 Å². The lowest BCUT2D eigenvalue weighted by Gasteiger charge is -2.04. The predicted octanol–water partition coefficient (Wildman–Crippen LogP) is 2.33. The van der Waals surface area contributed by atoms with Crippen LogP contribution in [0.1, 0.15) is 17.3 Å². The van der Waals surface area contributed by atoms with Crippen LogP contribution in [0, 0.1) is 0 Å². The summed E-state index contributed by atoms with van der Waals surface area (Å²) in [6.07, 6.45) is 0. The third kappa shape index (κ3) is 2.21. The number of phenolic OH excluding ortho intramolecular Hbond substituents is 1. The summed E-state index contributed by atoms with van der Waals surface area (Å²) >= 11 is 3.11. The second-order valence-corrected chi connectivity index (χ2v) is 3.21. The Morgan fingerprint density at radius 2 is 2.31 bits per heavy atom. The van der Waals surface area contributed by atoms with Crippen LogP contribution in [0.2, 0.25) is 0 Å². The van der Waals surface area contributed by atoms with Crippen molar-refractivity contribution < 1.29 is 14.6 Å². The lowest BCUT2D eigenvalue weighted by Crippen LogP contribution is -2.04. The number of carbonyl (C=O) groups is 1. The van der Waals surface area contributed by atoms with Crippen LogP contribution in [0.5, 0.6) is 5.75 Å². The molecular formula is C9H9BrO3. The Bertz CT molecular complexity index is 323. The number of hydrogen-bond donors (Lipinski definition) is 1. The highest BCUT2D eigenvalue weighted by molar-refractivity contribution is 9.10. The summed E-state index contributed by atoms with van der Waals surface area (Å²) in [7, 11) is 0. The van der Waals surface area contributed by atoms with Crippen LogP contribution in [0.4, 0.5) is 0 Å². The molecule has 1 aromatic rings. The molecule has 0 atom stereocenters. The summed E-state index contributed by atoms with van der Waals surface area (Å²) in [4.78, 5) is 11.2. The number of aromatic hydroxyl groups is 1. The quantitative estimate of drug-likeness (QED) is 0.813. The van der Waals surface area contributed by atoms with Crippen molar-refractivity contribution in [2.75, 3.05) is 6.61 Å². The van der Waals surface area contributed by atoms with E-state index in [-0.39, 0.29) is 11.3 Å². The fourth-order valence-corrected chi connectivity index (χ4v) is 1.26. The molecule has 3 nitrogen and oxygen atoms in total. The third-order valence-electron chi connectivity index (χ3n) is 1.48. The number of rotatable bonds is 2. The minimum Gasteiger partial charge on any atom is -0.506 e. The van der Waals surface area contributed by atoms with Gasteiger partial charge in [-0.2, -0.15) is 0 Å². The fourth-order valence-electron chi connectivity index (χ4n) is 0.889. The Balaban J connectivity index is 3.01. The molecule has 0 aromatic heterocycles. The van der Waals surface area contributed by atoms with Crippen LogP contribution in [-0.2, 0) is 4.74 Å². The number of para-hydroxylation sites is 1. The molecule has 0 aliphatic rings. The van der Waals surface area contributed by atoms with E-state index in [0.29, 0.717) is 11.1 Å². The van der Waals surface area contributed by atoms with Gasteiger partial charge >= 0.3 is 5.97 Å². The molecule has 1 rings (SSSR count). The van der Waals surface area contributed by atoms with Gasteiger partial charge in [0.2, 0.25) is 0 Å². The van der Waals surface area contributed by atoms with E-state index in [9.17, 15) is 9.90 Å². The fraction of sp³-hybridized carbons (Fsp3) is 0.222. The average molecular weight is 245 g/mol. The van der Waals surface area contributed by atoms with Crippen molar-refractivity contribution in [3.8, 4) is 5.75 Å². The molecule has 0 spiro atoms. The summed E-state index contributed by atoms with van der Waals surface area (Å²) < 4.78 is 5.23. The Morgan fingerprint density at radius 1 is 1.62 bits per heavy atom. The van der Waals surface area contributed by atoms with Crippen molar-refractivity contribution in [3.05, 3.63) is 28.2 Å². The topological polar surface area (TPSA) is 46.5 Å². The van der Waals surface area contributed by atoms with Gasteiger partial charge < -0.3 is 9.84 Å². The van der Waals surface area contributed by atoms with Crippen molar-refractivity contribution in [1.29, 1.82) is 0 Å². The van der Waals surface area contributed by atoms with Gasteiger partial charge in [0.15, 0.2) is 0 Å². The Kier molecular flexibility index (Phi) is 3.31. The number of esters is 1. The predicted molar refractivity (Wildman–Crippen MR) is 51.8 cm³/mol. The van der Waals surface area contributed by atoms with Crippen LogP contribution in [0.25, 0.3) is 0 Å². The number of ether oxygens (including phenoxy) is 1. The van der Waals surface area contributed by atoms with E-state index in [1.165, 1.54) is 6.07 Å². The average Bonchev–Trinajstić information content (AvgIpc) is 2.10. The Labute approximate surface area is 84.5 Å². The number of phenols is 1. The molecule has 0 bridgehead atoms. The second kappa shape index (κ2) is 4.28. The zero-order valence-corrected chi connectivity index (χ0v) is 8.67. The minimum atomic E-state index is -0.513. The Morgan fingerprint density at radius 3 is 2.92 bits per heavy atom. The van der Waals surface area contributed by atoms with Crippen molar-refractivity contribution in [1.82, 2.24) is 0 Å². The van der Waals surface area contributed by atoms with Gasteiger partial charge in [0, 0.05) is 0 Å². The molecule has 0 saturated heterocycles. The minimum absolute atomic E-state index is 0.0825. The third-order valence-corrected chi connectivity index (χ3v) is 2.12. The molecule has 0 heterocycles. The molecule has 0 radical (unpaired) electrons. The monoisotopic (exact) mass is 244 g/mol. The largest absolute Gasteiger partial charge is 0.506 e. The van der Waals surface area contributed by atoms with Crippen molar-refractivity contribution >= 4 is 21.9 Å². The van der Waals surface area contributed by atoms with Crippen molar-refractivity contribution in [3.63, 3.8) is 0 Å². The molecule has 13 heavy (non-hydrogen) atoms. The second-order valence-electron chi connectivity index (χ2n) is 2.36. The maximum Gasteiger partial charge on any atom is 0.341 e. The maximum atomic E-state index is 11.2. The molecule has 1 aromatic carbocycles. The summed E-state index contributed by atoms with van der Waals surface area (Å²) in [6, 6.07) is 4.83. The molecule has 0 saturated carbocycles. The molecule has 0 unspecified atom stereocenters. The van der Waals surface area contributed by atoms with E-state index in [4.69, 9.17) is 4.74 Å². The molecular weight excluding hydrogens is 236 g/mol. The number of hydrogen-bond acceptors (Lipinski definition) is 3. The molecule has 70 valence electrons. The molecule has 0 fully saturated rings. The first kappa shape index (κ1) is 10.1. The van der Waals surface area contributed by atoms with Crippen LogP contribution in [0.15, 0.2) is 22.7 Å². The van der Waals surface area contributed by atoms with Gasteiger partial charge in [-0.15, -0.1) is 0 Å². The van der Waals surface area contributed by atoms with Crippen molar-refractivity contribution in [2.24, 2.45) is 0 Å². The van der Waals surface area contributed by atoms with E-state index in [0.717, 1.165) is 0 Å². The van der Waals surface area contributed by atoms with Gasteiger partial charge in [0.05, 0.1) is 11.1 Å². The van der Waals surface area contributed by atoms with E-state index >= 15 is 0 Å². The highest BCUT2D eigenvalue weighted by atomic mass is 79.9. The van der Waals surface area contributed by atoms with E-state index < -0.39 is 5.97 Å². The molecule has 1 N–H and O–H groups in total. The summed E-state index contributed by atoms with van der Waals surface area (Å²) in [5.41, 5.74) is 0.177. The standard InChI is InChI=1S/C9H9BrO3/c1-2-13-9(12)6-4-3-5-7(10)8(6)11/h3-5,11H,2H2,1H3. The first-order valence-electron chi connectivity index (χ1n) is 3.81. The van der Waals surface area contributed by atoms with Gasteiger partial charge in [-0.05, 0) is 35.0 Å². The van der Waals surface area contributed by atoms with Gasteiger partial charge in [-0.3, -0.25) is 0 Å². The van der Waals surface area contributed by atoms with Crippen LogP contribution in [0.3, 0.4) is 0 Å². The molecule has 0 amide bonds. The normalized spacial score (nSPS) is 9.69. The van der Waals surface area contributed by atoms with Gasteiger partial charge in [0.1, 0.15) is 11.3 Å². The lowest BCUT2D eigenvalue weighted by atomic mass is 10.2. The number of benzene rings is 1. The van der Waals surface area contributed by atoms with E-state index in [1.807, 2.05) is 0 Å². The van der Waals surface area contributed by atoms with E-state index in [1.54, 1.807) is 19.1 Å². The highest BCUT2D eigenvalue weighted by Gasteiger charge is 2.13. The highest BCUT2D eigenvalue weighted by Crippen LogP contribution is 2.27. The molecule has 0 aliphatic heterocycles. The summed E-state index contributed by atoms with van der Waals surface area (Å²) in [5, 5.41) is 9.45. The van der Waals surface area contributed by atoms with Gasteiger partial charge in [0.25, 0.3) is 0 Å². The van der Waals surface area contributed by atoms with Crippen molar-refractivity contribution in [2.45, 2.75) is 6.92 Å².